The van der Waals surface area contributed by atoms with E-state index in [2.05, 4.69) is 51.4 Å². The summed E-state index contributed by atoms with van der Waals surface area (Å²) in [6, 6.07) is 14.2. The molecule has 0 radical (unpaired) electrons. The van der Waals surface area contributed by atoms with E-state index in [0.717, 1.165) is 60.7 Å². The van der Waals surface area contributed by atoms with Crippen molar-refractivity contribution in [2.24, 2.45) is 0 Å². The van der Waals surface area contributed by atoms with Gasteiger partial charge in [-0.05, 0) is 42.4 Å². The molecule has 31 heavy (non-hydrogen) atoms. The Balaban J connectivity index is 1.26. The first-order chi connectivity index (χ1) is 15.0. The Labute approximate surface area is 198 Å². The largest absolute Gasteiger partial charge is 0.346 e. The van der Waals surface area contributed by atoms with Crippen LogP contribution in [0.3, 0.4) is 0 Å². The highest BCUT2D eigenvalue weighted by atomic mass is 35.5. The predicted octanol–water partition coefficient (Wildman–Crippen LogP) is 5.06. The molecule has 1 aliphatic rings. The standard InChI is InChI=1S/C23H25Cl2N5S/c1-17-2-4-18(5-3-17)14-30-16-21(13-26-30)27-23(31)29-10-8-28(9-11-29)15-19-6-7-20(24)12-22(19)25/h2-7,12-13,16H,8-11,14-15H2,1H3,(H,27,31). The van der Waals surface area contributed by atoms with E-state index in [0.29, 0.717) is 5.02 Å². The van der Waals surface area contributed by atoms with Crippen LogP contribution in [0.2, 0.25) is 10.0 Å². The molecule has 1 N–H and O–H groups in total. The SMILES string of the molecule is Cc1ccc(Cn2cc(NC(=S)N3CCN(Cc4ccc(Cl)cc4Cl)CC3)cn2)cc1. The van der Waals surface area contributed by atoms with Crippen LogP contribution >= 0.6 is 35.4 Å². The van der Waals surface area contributed by atoms with Crippen LogP contribution in [0.5, 0.6) is 0 Å². The van der Waals surface area contributed by atoms with E-state index >= 15 is 0 Å². The summed E-state index contributed by atoms with van der Waals surface area (Å²) in [5.41, 5.74) is 4.49. The number of piperazine rings is 1. The third-order valence-electron chi connectivity index (χ3n) is 5.42. The molecule has 0 bridgehead atoms. The first-order valence-electron chi connectivity index (χ1n) is 10.3. The van der Waals surface area contributed by atoms with Gasteiger partial charge in [0.05, 0.1) is 18.4 Å². The molecular formula is C23H25Cl2N5S. The zero-order chi connectivity index (χ0) is 21.8. The number of aromatic nitrogens is 2. The predicted molar refractivity (Wildman–Crippen MR) is 132 cm³/mol. The number of aryl methyl sites for hydroxylation is 1. The summed E-state index contributed by atoms with van der Waals surface area (Å²) in [6.07, 6.45) is 3.81. The molecule has 0 unspecified atom stereocenters. The molecule has 2 aromatic carbocycles. The first-order valence-corrected chi connectivity index (χ1v) is 11.4. The molecule has 0 saturated carbocycles. The Morgan fingerprint density at radius 3 is 2.48 bits per heavy atom. The van der Waals surface area contributed by atoms with Crippen LogP contribution in [0.4, 0.5) is 5.69 Å². The first kappa shape index (κ1) is 22.1. The molecule has 0 aliphatic carbocycles. The fraction of sp³-hybridized carbons (Fsp3) is 0.304. The molecule has 4 rings (SSSR count). The summed E-state index contributed by atoms with van der Waals surface area (Å²) < 4.78 is 1.92. The number of rotatable bonds is 5. The Bertz CT molecular complexity index is 1040. The highest BCUT2D eigenvalue weighted by Gasteiger charge is 2.20. The number of hydrogen-bond acceptors (Lipinski definition) is 3. The van der Waals surface area contributed by atoms with Crippen molar-refractivity contribution >= 4 is 46.2 Å². The highest BCUT2D eigenvalue weighted by molar-refractivity contribution is 7.80. The second-order valence-corrected chi connectivity index (χ2v) is 9.07. The number of benzene rings is 2. The lowest BCUT2D eigenvalue weighted by Crippen LogP contribution is -2.49. The van der Waals surface area contributed by atoms with Crippen molar-refractivity contribution in [3.05, 3.63) is 81.6 Å². The second-order valence-electron chi connectivity index (χ2n) is 7.84. The molecule has 1 aromatic heterocycles. The Kier molecular flexibility index (Phi) is 7.13. The van der Waals surface area contributed by atoms with Gasteiger partial charge in [-0.3, -0.25) is 9.58 Å². The summed E-state index contributed by atoms with van der Waals surface area (Å²) in [6.45, 7) is 7.23. The molecular weight excluding hydrogens is 449 g/mol. The van der Waals surface area contributed by atoms with E-state index in [9.17, 15) is 0 Å². The molecule has 0 amide bonds. The number of anilines is 1. The molecule has 1 fully saturated rings. The maximum Gasteiger partial charge on any atom is 0.173 e. The van der Waals surface area contributed by atoms with Gasteiger partial charge in [-0.15, -0.1) is 0 Å². The summed E-state index contributed by atoms with van der Waals surface area (Å²) in [7, 11) is 0. The van der Waals surface area contributed by atoms with E-state index in [1.807, 2.05) is 29.2 Å². The van der Waals surface area contributed by atoms with Crippen molar-refractivity contribution < 1.29 is 0 Å². The summed E-state index contributed by atoms with van der Waals surface area (Å²) in [4.78, 5) is 4.58. The van der Waals surface area contributed by atoms with Gasteiger partial charge in [-0.2, -0.15) is 5.10 Å². The van der Waals surface area contributed by atoms with E-state index in [4.69, 9.17) is 35.4 Å². The van der Waals surface area contributed by atoms with E-state index < -0.39 is 0 Å². The number of hydrogen-bond donors (Lipinski definition) is 1. The quantitative estimate of drug-likeness (QED) is 0.523. The van der Waals surface area contributed by atoms with E-state index in [-0.39, 0.29) is 0 Å². The topological polar surface area (TPSA) is 36.3 Å². The monoisotopic (exact) mass is 473 g/mol. The lowest BCUT2D eigenvalue weighted by Gasteiger charge is -2.36. The molecule has 5 nitrogen and oxygen atoms in total. The maximum absolute atomic E-state index is 6.32. The van der Waals surface area contributed by atoms with Gasteiger partial charge in [-0.1, -0.05) is 59.1 Å². The molecule has 8 heteroatoms. The van der Waals surface area contributed by atoms with Gasteiger partial charge in [0.2, 0.25) is 0 Å². The minimum absolute atomic E-state index is 0.664. The van der Waals surface area contributed by atoms with Crippen LogP contribution in [0.1, 0.15) is 16.7 Å². The molecule has 0 atom stereocenters. The summed E-state index contributed by atoms with van der Waals surface area (Å²) in [5, 5.41) is 9.89. The van der Waals surface area contributed by atoms with Gasteiger partial charge in [-0.25, -0.2) is 0 Å². The lowest BCUT2D eigenvalue weighted by atomic mass is 10.1. The van der Waals surface area contributed by atoms with Gasteiger partial charge in [0.1, 0.15) is 0 Å². The number of halogens is 2. The Morgan fingerprint density at radius 1 is 1.03 bits per heavy atom. The van der Waals surface area contributed by atoms with Gasteiger partial charge in [0, 0.05) is 49.0 Å². The van der Waals surface area contributed by atoms with Crippen molar-refractivity contribution in [1.82, 2.24) is 19.6 Å². The smallest absolute Gasteiger partial charge is 0.173 e. The van der Waals surface area contributed by atoms with E-state index in [1.165, 1.54) is 11.1 Å². The Hall–Kier alpha value is -2.12. The molecule has 1 aliphatic heterocycles. The van der Waals surface area contributed by atoms with Crippen molar-refractivity contribution in [1.29, 1.82) is 0 Å². The van der Waals surface area contributed by atoms with Crippen molar-refractivity contribution in [3.8, 4) is 0 Å². The van der Waals surface area contributed by atoms with Crippen LogP contribution < -0.4 is 5.32 Å². The van der Waals surface area contributed by atoms with Crippen LogP contribution in [0.25, 0.3) is 0 Å². The fourth-order valence-corrected chi connectivity index (χ4v) is 4.37. The van der Waals surface area contributed by atoms with Crippen LogP contribution in [-0.4, -0.2) is 50.9 Å². The third kappa shape index (κ3) is 5.98. The maximum atomic E-state index is 6.32. The lowest BCUT2D eigenvalue weighted by molar-refractivity contribution is 0.177. The number of thiocarbonyl (C=S) groups is 1. The fourth-order valence-electron chi connectivity index (χ4n) is 3.60. The van der Waals surface area contributed by atoms with Crippen molar-refractivity contribution in [3.63, 3.8) is 0 Å². The zero-order valence-electron chi connectivity index (χ0n) is 17.4. The van der Waals surface area contributed by atoms with Crippen molar-refractivity contribution in [2.45, 2.75) is 20.0 Å². The van der Waals surface area contributed by atoms with E-state index in [1.54, 1.807) is 6.07 Å². The van der Waals surface area contributed by atoms with Crippen LogP contribution in [0, 0.1) is 6.92 Å². The average Bonchev–Trinajstić information content (AvgIpc) is 3.19. The third-order valence-corrected chi connectivity index (χ3v) is 6.37. The number of nitrogens with zero attached hydrogens (tertiary/aromatic N) is 4. The molecule has 1 saturated heterocycles. The number of nitrogens with one attached hydrogen (secondary N) is 1. The zero-order valence-corrected chi connectivity index (χ0v) is 19.7. The molecule has 3 aromatic rings. The highest BCUT2D eigenvalue weighted by Crippen LogP contribution is 2.23. The molecule has 0 spiro atoms. The van der Waals surface area contributed by atoms with Crippen LogP contribution in [-0.2, 0) is 13.1 Å². The summed E-state index contributed by atoms with van der Waals surface area (Å²) >= 11 is 17.9. The van der Waals surface area contributed by atoms with Crippen LogP contribution in [0.15, 0.2) is 54.9 Å². The molecule has 162 valence electrons. The second kappa shape index (κ2) is 10.0. The van der Waals surface area contributed by atoms with Gasteiger partial charge in [0.25, 0.3) is 0 Å². The average molecular weight is 474 g/mol. The van der Waals surface area contributed by atoms with Gasteiger partial charge < -0.3 is 10.2 Å². The van der Waals surface area contributed by atoms with Gasteiger partial charge >= 0.3 is 0 Å². The summed E-state index contributed by atoms with van der Waals surface area (Å²) in [5.74, 6) is 0. The Morgan fingerprint density at radius 2 is 1.77 bits per heavy atom. The normalized spacial score (nSPS) is 14.6. The molecule has 2 heterocycles. The van der Waals surface area contributed by atoms with Crippen molar-refractivity contribution in [2.75, 3.05) is 31.5 Å². The minimum atomic E-state index is 0.664. The minimum Gasteiger partial charge on any atom is -0.346 e. The van der Waals surface area contributed by atoms with Gasteiger partial charge in [0.15, 0.2) is 5.11 Å².